The molecular formula is C18H17N5O2. The summed E-state index contributed by atoms with van der Waals surface area (Å²) < 4.78 is 0. The van der Waals surface area contributed by atoms with Crippen molar-refractivity contribution in [2.75, 3.05) is 13.1 Å². The average molecular weight is 335 g/mol. The Kier molecular flexibility index (Phi) is 3.76. The van der Waals surface area contributed by atoms with Crippen LogP contribution in [0.25, 0.3) is 10.8 Å². The lowest BCUT2D eigenvalue weighted by atomic mass is 10.1. The number of aryl methyl sites for hydroxylation is 1. The van der Waals surface area contributed by atoms with Crippen LogP contribution in [0.5, 0.6) is 0 Å². The molecule has 3 heterocycles. The fourth-order valence-electron chi connectivity index (χ4n) is 3.25. The number of fused-ring (bicyclic) bond motifs is 1. The first-order valence-corrected chi connectivity index (χ1v) is 8.20. The molecule has 7 nitrogen and oxygen atoms in total. The van der Waals surface area contributed by atoms with Crippen molar-refractivity contribution < 1.29 is 4.79 Å². The number of carbonyl (C=O) groups excluding carboxylic acids is 1. The molecule has 1 amide bonds. The minimum atomic E-state index is -0.292. The molecule has 0 spiro atoms. The van der Waals surface area contributed by atoms with Gasteiger partial charge < -0.3 is 4.90 Å². The summed E-state index contributed by atoms with van der Waals surface area (Å²) in [4.78, 5) is 35.4. The van der Waals surface area contributed by atoms with Crippen LogP contribution in [0.3, 0.4) is 0 Å². The number of H-pyrrole nitrogens is 1. The van der Waals surface area contributed by atoms with Gasteiger partial charge >= 0.3 is 0 Å². The fraction of sp³-hybridized carbons (Fsp3) is 0.278. The van der Waals surface area contributed by atoms with Crippen LogP contribution in [0, 0.1) is 6.92 Å². The van der Waals surface area contributed by atoms with Gasteiger partial charge in [-0.3, -0.25) is 9.59 Å². The molecule has 1 saturated heterocycles. The molecule has 2 aromatic heterocycles. The van der Waals surface area contributed by atoms with Crippen molar-refractivity contribution in [3.05, 3.63) is 64.1 Å². The van der Waals surface area contributed by atoms with Crippen LogP contribution in [0.1, 0.15) is 34.3 Å². The Morgan fingerprint density at radius 3 is 2.84 bits per heavy atom. The summed E-state index contributed by atoms with van der Waals surface area (Å²) in [5.74, 6) is 0.718. The van der Waals surface area contributed by atoms with E-state index in [1.165, 1.54) is 0 Å². The molecule has 1 aliphatic heterocycles. The summed E-state index contributed by atoms with van der Waals surface area (Å²) in [6.45, 7) is 3.10. The van der Waals surface area contributed by atoms with E-state index in [-0.39, 0.29) is 23.1 Å². The van der Waals surface area contributed by atoms with Crippen molar-refractivity contribution in [1.29, 1.82) is 0 Å². The van der Waals surface area contributed by atoms with Gasteiger partial charge in [-0.15, -0.1) is 0 Å². The van der Waals surface area contributed by atoms with Gasteiger partial charge in [0.05, 0.1) is 5.39 Å². The second-order valence-electron chi connectivity index (χ2n) is 6.24. The zero-order valence-corrected chi connectivity index (χ0v) is 13.8. The second-order valence-corrected chi connectivity index (χ2v) is 6.24. The maximum Gasteiger partial charge on any atom is 0.274 e. The molecule has 126 valence electrons. The maximum atomic E-state index is 12.9. The van der Waals surface area contributed by atoms with E-state index in [0.717, 1.165) is 17.9 Å². The standard InChI is InChI=1S/C18H17N5O2/c1-11-6-8-19-16(20-11)12-7-9-23(10-12)18(25)15-13-4-2-3-5-14(13)17(24)22-21-15/h2-6,8,12H,7,9-10H2,1H3,(H,22,24). The van der Waals surface area contributed by atoms with E-state index in [1.54, 1.807) is 35.4 Å². The normalized spacial score (nSPS) is 17.2. The molecule has 0 aliphatic carbocycles. The Labute approximate surface area is 143 Å². The molecule has 1 unspecified atom stereocenters. The third kappa shape index (κ3) is 2.77. The predicted octanol–water partition coefficient (Wildman–Crippen LogP) is 1.65. The molecule has 0 saturated carbocycles. The Morgan fingerprint density at radius 2 is 2.04 bits per heavy atom. The zero-order chi connectivity index (χ0) is 17.4. The van der Waals surface area contributed by atoms with E-state index < -0.39 is 0 Å². The molecule has 1 fully saturated rings. The summed E-state index contributed by atoms with van der Waals surface area (Å²) in [6.07, 6.45) is 2.57. The number of rotatable bonds is 2. The number of likely N-dealkylation sites (tertiary alicyclic amines) is 1. The minimum Gasteiger partial charge on any atom is -0.336 e. The second kappa shape index (κ2) is 6.08. The number of benzene rings is 1. The monoisotopic (exact) mass is 335 g/mol. The molecule has 4 rings (SSSR count). The number of carbonyl (C=O) groups is 1. The van der Waals surface area contributed by atoms with Crippen molar-refractivity contribution in [2.24, 2.45) is 0 Å². The van der Waals surface area contributed by atoms with E-state index in [9.17, 15) is 9.59 Å². The molecule has 1 aliphatic rings. The Morgan fingerprint density at radius 1 is 1.24 bits per heavy atom. The van der Waals surface area contributed by atoms with Crippen LogP contribution < -0.4 is 5.56 Å². The van der Waals surface area contributed by atoms with Crippen LogP contribution in [-0.4, -0.2) is 44.1 Å². The van der Waals surface area contributed by atoms with Crippen molar-refractivity contribution in [3.63, 3.8) is 0 Å². The molecular weight excluding hydrogens is 318 g/mol. The highest BCUT2D eigenvalue weighted by Gasteiger charge is 2.31. The Bertz CT molecular complexity index is 1010. The van der Waals surface area contributed by atoms with Crippen molar-refractivity contribution in [3.8, 4) is 0 Å². The highest BCUT2D eigenvalue weighted by atomic mass is 16.2. The summed E-state index contributed by atoms with van der Waals surface area (Å²) >= 11 is 0. The molecule has 3 aromatic rings. The summed E-state index contributed by atoms with van der Waals surface area (Å²) in [6, 6.07) is 8.88. The predicted molar refractivity (Wildman–Crippen MR) is 92.4 cm³/mol. The van der Waals surface area contributed by atoms with Crippen molar-refractivity contribution in [1.82, 2.24) is 25.1 Å². The SMILES string of the molecule is Cc1ccnc(C2CCN(C(=O)c3n[nH]c(=O)c4ccccc34)C2)n1. The first-order chi connectivity index (χ1) is 12.1. The van der Waals surface area contributed by atoms with Crippen molar-refractivity contribution in [2.45, 2.75) is 19.3 Å². The van der Waals surface area contributed by atoms with Gasteiger partial charge in [0, 0.05) is 36.3 Å². The molecule has 25 heavy (non-hydrogen) atoms. The number of aromatic amines is 1. The van der Waals surface area contributed by atoms with Gasteiger partial charge in [0.2, 0.25) is 0 Å². The highest BCUT2D eigenvalue weighted by Crippen LogP contribution is 2.26. The van der Waals surface area contributed by atoms with Crippen LogP contribution in [0.15, 0.2) is 41.3 Å². The summed E-state index contributed by atoms with van der Waals surface area (Å²) in [5, 5.41) is 7.47. The van der Waals surface area contributed by atoms with E-state index in [0.29, 0.717) is 23.9 Å². The zero-order valence-electron chi connectivity index (χ0n) is 13.8. The minimum absolute atomic E-state index is 0.123. The first-order valence-electron chi connectivity index (χ1n) is 8.20. The third-order valence-corrected chi connectivity index (χ3v) is 4.55. The van der Waals surface area contributed by atoms with Crippen LogP contribution in [-0.2, 0) is 0 Å². The molecule has 1 atom stereocenters. The van der Waals surface area contributed by atoms with E-state index in [2.05, 4.69) is 20.2 Å². The molecule has 7 heteroatoms. The molecule has 1 N–H and O–H groups in total. The number of hydrogen-bond acceptors (Lipinski definition) is 5. The summed E-state index contributed by atoms with van der Waals surface area (Å²) in [7, 11) is 0. The van der Waals surface area contributed by atoms with Gasteiger partial charge in [-0.25, -0.2) is 15.1 Å². The number of hydrogen-bond donors (Lipinski definition) is 1. The average Bonchev–Trinajstić information content (AvgIpc) is 3.12. The van der Waals surface area contributed by atoms with Gasteiger partial charge in [0.15, 0.2) is 5.69 Å². The lowest BCUT2D eigenvalue weighted by Crippen LogP contribution is -2.30. The number of aromatic nitrogens is 4. The number of nitrogens with zero attached hydrogens (tertiary/aromatic N) is 4. The van der Waals surface area contributed by atoms with E-state index >= 15 is 0 Å². The van der Waals surface area contributed by atoms with Gasteiger partial charge in [-0.2, -0.15) is 5.10 Å². The van der Waals surface area contributed by atoms with Gasteiger partial charge in [0.25, 0.3) is 11.5 Å². The smallest absolute Gasteiger partial charge is 0.274 e. The van der Waals surface area contributed by atoms with Gasteiger partial charge in [-0.1, -0.05) is 18.2 Å². The molecule has 0 bridgehead atoms. The fourth-order valence-corrected chi connectivity index (χ4v) is 3.25. The largest absolute Gasteiger partial charge is 0.336 e. The lowest BCUT2D eigenvalue weighted by Gasteiger charge is -2.16. The van der Waals surface area contributed by atoms with Gasteiger partial charge in [0.1, 0.15) is 5.82 Å². The third-order valence-electron chi connectivity index (χ3n) is 4.55. The molecule has 1 aromatic carbocycles. The van der Waals surface area contributed by atoms with Gasteiger partial charge in [-0.05, 0) is 25.5 Å². The lowest BCUT2D eigenvalue weighted by molar-refractivity contribution is 0.0785. The van der Waals surface area contributed by atoms with Crippen molar-refractivity contribution >= 4 is 16.7 Å². The van der Waals surface area contributed by atoms with Crippen LogP contribution in [0.2, 0.25) is 0 Å². The molecule has 0 radical (unpaired) electrons. The number of amides is 1. The topological polar surface area (TPSA) is 91.8 Å². The van der Waals surface area contributed by atoms with Crippen LogP contribution in [0.4, 0.5) is 0 Å². The summed E-state index contributed by atoms with van der Waals surface area (Å²) in [5.41, 5.74) is 0.906. The van der Waals surface area contributed by atoms with E-state index in [1.807, 2.05) is 13.0 Å². The van der Waals surface area contributed by atoms with E-state index in [4.69, 9.17) is 0 Å². The highest BCUT2D eigenvalue weighted by molar-refractivity contribution is 6.04. The van der Waals surface area contributed by atoms with Crippen LogP contribution >= 0.6 is 0 Å². The number of nitrogens with one attached hydrogen (secondary N) is 1. The quantitative estimate of drug-likeness (QED) is 0.769. The maximum absolute atomic E-state index is 12.9. The Hall–Kier alpha value is -3.09. The first kappa shape index (κ1) is 15.4. The Balaban J connectivity index is 1.63.